The third kappa shape index (κ3) is 6.12. The van der Waals surface area contributed by atoms with Crippen LogP contribution in [0.15, 0.2) is 48.9 Å². The Labute approximate surface area is 198 Å². The number of ether oxygens (including phenoxy) is 1. The molecule has 5 rings (SSSR count). The van der Waals surface area contributed by atoms with E-state index in [2.05, 4.69) is 31.7 Å². The van der Waals surface area contributed by atoms with Crippen LogP contribution in [0.5, 0.6) is 0 Å². The Hall–Kier alpha value is -2.90. The van der Waals surface area contributed by atoms with Crippen molar-refractivity contribution in [2.75, 3.05) is 13.0 Å². The summed E-state index contributed by atoms with van der Waals surface area (Å²) in [5, 5.41) is 4.13. The molecule has 0 saturated carbocycles. The summed E-state index contributed by atoms with van der Waals surface area (Å²) in [7, 11) is 1.94. The van der Waals surface area contributed by atoms with Crippen LogP contribution >= 0.6 is 11.6 Å². The Bertz CT molecular complexity index is 1190. The highest BCUT2D eigenvalue weighted by Gasteiger charge is 2.17. The zero-order chi connectivity index (χ0) is 23.8. The van der Waals surface area contributed by atoms with Crippen LogP contribution < -0.4 is 0 Å². The van der Waals surface area contributed by atoms with E-state index < -0.39 is 0 Å². The second-order valence-electron chi connectivity index (χ2n) is 7.70. The number of halogens is 2. The van der Waals surface area contributed by atoms with Crippen LogP contribution in [0, 0.1) is 19.7 Å². The second kappa shape index (κ2) is 11.8. The van der Waals surface area contributed by atoms with E-state index >= 15 is 0 Å². The number of pyridine rings is 1. The molecule has 1 fully saturated rings. The Kier molecular flexibility index (Phi) is 8.86. The van der Waals surface area contributed by atoms with Crippen molar-refractivity contribution in [3.63, 3.8) is 0 Å². The molecule has 1 aliphatic rings. The van der Waals surface area contributed by atoms with Gasteiger partial charge in [-0.25, -0.2) is 14.4 Å². The standard InChI is InChI=1S/C15H12FN3.C9H14N2O.CH3Cl/c1-9-10(2)19-15-13(18-9)7-8-17-14(15)11-5-3-4-6-12(11)16;1-11-7-8(6-10-11)9-4-2-3-5-12-9;1-2/h3-8H,1-2H3;6-7,9H,2-5H2,1H3;1H3. The van der Waals surface area contributed by atoms with Crippen molar-refractivity contribution in [1.82, 2.24) is 24.7 Å². The molecule has 0 N–H and O–H groups in total. The number of nitrogens with zero attached hydrogens (tertiary/aromatic N) is 5. The molecule has 1 atom stereocenters. The topological polar surface area (TPSA) is 65.7 Å². The molecule has 6 nitrogen and oxygen atoms in total. The summed E-state index contributed by atoms with van der Waals surface area (Å²) in [4.78, 5) is 13.2. The molecular formula is C25H29ClFN5O. The fourth-order valence-electron chi connectivity index (χ4n) is 3.61. The Morgan fingerprint density at radius 2 is 1.82 bits per heavy atom. The van der Waals surface area contributed by atoms with Gasteiger partial charge in [-0.3, -0.25) is 9.67 Å². The lowest BCUT2D eigenvalue weighted by Crippen LogP contribution is -2.10. The van der Waals surface area contributed by atoms with Crippen molar-refractivity contribution < 1.29 is 9.13 Å². The van der Waals surface area contributed by atoms with Gasteiger partial charge in [0.25, 0.3) is 0 Å². The van der Waals surface area contributed by atoms with Crippen LogP contribution in [0.2, 0.25) is 0 Å². The Morgan fingerprint density at radius 3 is 2.48 bits per heavy atom. The monoisotopic (exact) mass is 469 g/mol. The highest BCUT2D eigenvalue weighted by molar-refractivity contribution is 6.15. The van der Waals surface area contributed by atoms with Gasteiger partial charge in [-0.05, 0) is 51.3 Å². The van der Waals surface area contributed by atoms with Crippen molar-refractivity contribution in [2.45, 2.75) is 39.2 Å². The average Bonchev–Trinajstić information content (AvgIpc) is 3.29. The minimum absolute atomic E-state index is 0.299. The van der Waals surface area contributed by atoms with Crippen molar-refractivity contribution >= 4 is 22.6 Å². The van der Waals surface area contributed by atoms with E-state index in [0.29, 0.717) is 22.9 Å². The lowest BCUT2D eigenvalue weighted by Gasteiger charge is -2.21. The van der Waals surface area contributed by atoms with E-state index in [-0.39, 0.29) is 5.82 Å². The summed E-state index contributed by atoms with van der Waals surface area (Å²) in [6, 6.07) is 8.36. The molecule has 33 heavy (non-hydrogen) atoms. The van der Waals surface area contributed by atoms with Crippen LogP contribution in [0.4, 0.5) is 4.39 Å². The summed E-state index contributed by atoms with van der Waals surface area (Å²) in [6.45, 7) is 4.70. The van der Waals surface area contributed by atoms with Gasteiger partial charge >= 0.3 is 0 Å². The molecule has 1 aromatic carbocycles. The summed E-state index contributed by atoms with van der Waals surface area (Å²) in [5.74, 6) is -0.303. The maximum absolute atomic E-state index is 13.9. The predicted octanol–water partition coefficient (Wildman–Crippen LogP) is 5.96. The maximum Gasteiger partial charge on any atom is 0.132 e. The zero-order valence-electron chi connectivity index (χ0n) is 19.4. The molecule has 0 bridgehead atoms. The zero-order valence-corrected chi connectivity index (χ0v) is 20.2. The van der Waals surface area contributed by atoms with Crippen molar-refractivity contribution in [3.05, 3.63) is 71.7 Å². The van der Waals surface area contributed by atoms with Gasteiger partial charge in [0.2, 0.25) is 0 Å². The smallest absolute Gasteiger partial charge is 0.132 e. The highest BCUT2D eigenvalue weighted by Crippen LogP contribution is 2.27. The highest BCUT2D eigenvalue weighted by atomic mass is 35.5. The maximum atomic E-state index is 13.9. The van der Waals surface area contributed by atoms with Gasteiger partial charge in [-0.2, -0.15) is 5.10 Å². The molecule has 0 aliphatic carbocycles. The number of alkyl halides is 1. The van der Waals surface area contributed by atoms with E-state index in [1.807, 2.05) is 38.0 Å². The van der Waals surface area contributed by atoms with Gasteiger partial charge in [0.05, 0.1) is 29.2 Å². The first-order valence-electron chi connectivity index (χ1n) is 10.9. The average molecular weight is 470 g/mol. The lowest BCUT2D eigenvalue weighted by atomic mass is 10.0. The molecular weight excluding hydrogens is 441 g/mol. The molecule has 1 aliphatic heterocycles. The summed E-state index contributed by atoms with van der Waals surface area (Å²) in [5.41, 5.74) is 5.28. The third-order valence-corrected chi connectivity index (χ3v) is 5.40. The molecule has 0 radical (unpaired) electrons. The number of rotatable bonds is 2. The number of aromatic nitrogens is 5. The van der Waals surface area contributed by atoms with E-state index in [9.17, 15) is 4.39 Å². The molecule has 3 aromatic heterocycles. The number of benzene rings is 1. The van der Waals surface area contributed by atoms with Crippen molar-refractivity contribution in [2.24, 2.45) is 7.05 Å². The summed E-state index contributed by atoms with van der Waals surface area (Å²) < 4.78 is 21.3. The van der Waals surface area contributed by atoms with E-state index in [4.69, 9.17) is 4.74 Å². The minimum atomic E-state index is -0.303. The fraction of sp³-hybridized carbons (Fsp3) is 0.360. The molecule has 1 saturated heterocycles. The number of hydrogen-bond acceptors (Lipinski definition) is 5. The molecule has 4 aromatic rings. The van der Waals surface area contributed by atoms with E-state index in [1.165, 1.54) is 30.9 Å². The first kappa shape index (κ1) is 24.7. The Morgan fingerprint density at radius 1 is 1.06 bits per heavy atom. The fourth-order valence-corrected chi connectivity index (χ4v) is 3.61. The number of fused-ring (bicyclic) bond motifs is 1. The SMILES string of the molecule is CCl.Cc1nc2ccnc(-c3ccccc3F)c2nc1C.Cn1cc(C2CCCCO2)cn1. The molecule has 0 spiro atoms. The molecule has 8 heteroatoms. The first-order valence-corrected chi connectivity index (χ1v) is 11.6. The molecule has 174 valence electrons. The second-order valence-corrected chi connectivity index (χ2v) is 7.70. The van der Waals surface area contributed by atoms with Crippen molar-refractivity contribution in [3.8, 4) is 11.3 Å². The molecule has 4 heterocycles. The molecule has 0 amide bonds. The van der Waals surface area contributed by atoms with Crippen LogP contribution in [0.25, 0.3) is 22.3 Å². The Balaban J connectivity index is 0.000000188. The molecule has 1 unspecified atom stereocenters. The summed E-state index contributed by atoms with van der Waals surface area (Å²) >= 11 is 4.64. The van der Waals surface area contributed by atoms with Gasteiger partial charge in [-0.15, -0.1) is 11.6 Å². The van der Waals surface area contributed by atoms with Crippen LogP contribution in [0.3, 0.4) is 0 Å². The predicted molar refractivity (Wildman–Crippen MR) is 130 cm³/mol. The quantitative estimate of drug-likeness (QED) is 0.338. The van der Waals surface area contributed by atoms with Crippen LogP contribution in [-0.4, -0.2) is 37.7 Å². The third-order valence-electron chi connectivity index (χ3n) is 5.40. The van der Waals surface area contributed by atoms with Crippen LogP contribution in [-0.2, 0) is 11.8 Å². The van der Waals surface area contributed by atoms with Gasteiger partial charge < -0.3 is 4.74 Å². The number of aryl methyl sites for hydroxylation is 3. The summed E-state index contributed by atoms with van der Waals surface area (Å²) in [6.07, 6.45) is 11.0. The largest absolute Gasteiger partial charge is 0.373 e. The van der Waals surface area contributed by atoms with Gasteiger partial charge in [0, 0.05) is 43.6 Å². The van der Waals surface area contributed by atoms with E-state index in [1.54, 1.807) is 30.5 Å². The lowest BCUT2D eigenvalue weighted by molar-refractivity contribution is 0.0149. The van der Waals surface area contributed by atoms with Crippen LogP contribution in [0.1, 0.15) is 42.3 Å². The van der Waals surface area contributed by atoms with Crippen molar-refractivity contribution in [1.29, 1.82) is 0 Å². The minimum Gasteiger partial charge on any atom is -0.373 e. The van der Waals surface area contributed by atoms with Gasteiger partial charge in [0.15, 0.2) is 0 Å². The van der Waals surface area contributed by atoms with E-state index in [0.717, 1.165) is 29.9 Å². The normalized spacial score (nSPS) is 15.3. The number of hydrogen-bond donors (Lipinski definition) is 0. The first-order chi connectivity index (χ1) is 16.0. The van der Waals surface area contributed by atoms with Gasteiger partial charge in [0.1, 0.15) is 17.0 Å². The van der Waals surface area contributed by atoms with Gasteiger partial charge in [-0.1, -0.05) is 12.1 Å².